The Morgan fingerprint density at radius 2 is 0.571 bits per heavy atom. The van der Waals surface area contributed by atoms with Crippen molar-refractivity contribution in [1.82, 2.24) is 0 Å². The molecule has 1 atom stereocenters. The second-order valence-electron chi connectivity index (χ2n) is 19.0. The number of ether oxygens (including phenoxy) is 3. The highest BCUT2D eigenvalue weighted by Crippen LogP contribution is 2.15. The lowest BCUT2D eigenvalue weighted by atomic mass is 10.1. The zero-order valence-electron chi connectivity index (χ0n) is 45.5. The lowest BCUT2D eigenvalue weighted by molar-refractivity contribution is -0.167. The molecule has 0 aromatic carbocycles. The summed E-state index contributed by atoms with van der Waals surface area (Å²) in [6.45, 7) is 6.44. The Bertz CT molecular complexity index is 1440. The van der Waals surface area contributed by atoms with Crippen LogP contribution in [0.5, 0.6) is 0 Å². The third-order valence-electron chi connectivity index (χ3n) is 12.2. The van der Waals surface area contributed by atoms with Crippen molar-refractivity contribution in [1.29, 1.82) is 0 Å². The summed E-state index contributed by atoms with van der Waals surface area (Å²) >= 11 is 0. The van der Waals surface area contributed by atoms with Crippen molar-refractivity contribution in [3.8, 4) is 0 Å². The molecule has 0 spiro atoms. The maximum atomic E-state index is 12.9. The van der Waals surface area contributed by atoms with Crippen molar-refractivity contribution in [2.45, 2.75) is 264 Å². The van der Waals surface area contributed by atoms with Gasteiger partial charge in [-0.3, -0.25) is 14.4 Å². The number of hydrogen-bond donors (Lipinski definition) is 0. The molecule has 6 nitrogen and oxygen atoms in total. The first-order valence-corrected chi connectivity index (χ1v) is 29.0. The molecule has 0 aliphatic carbocycles. The molecule has 0 amide bonds. The summed E-state index contributed by atoms with van der Waals surface area (Å²) in [5.41, 5.74) is 0. The number of allylic oxidation sites excluding steroid dienone is 18. The van der Waals surface area contributed by atoms with Crippen molar-refractivity contribution in [3.63, 3.8) is 0 Å². The number of rotatable bonds is 51. The van der Waals surface area contributed by atoms with Gasteiger partial charge in [0.15, 0.2) is 6.10 Å². The first-order valence-electron chi connectivity index (χ1n) is 29.0. The first kappa shape index (κ1) is 66.1. The quantitative estimate of drug-likeness (QED) is 0.0199. The summed E-state index contributed by atoms with van der Waals surface area (Å²) in [6, 6.07) is 0. The third kappa shape index (κ3) is 55.0. The van der Waals surface area contributed by atoms with E-state index in [4.69, 9.17) is 14.2 Å². The van der Waals surface area contributed by atoms with Crippen molar-refractivity contribution in [3.05, 3.63) is 109 Å². The van der Waals surface area contributed by atoms with Crippen LogP contribution in [-0.4, -0.2) is 37.2 Å². The van der Waals surface area contributed by atoms with E-state index in [2.05, 4.69) is 57.2 Å². The minimum atomic E-state index is -0.806. The van der Waals surface area contributed by atoms with Crippen molar-refractivity contribution in [2.24, 2.45) is 0 Å². The molecule has 0 N–H and O–H groups in total. The van der Waals surface area contributed by atoms with Crippen LogP contribution in [0.25, 0.3) is 0 Å². The first-order chi connectivity index (χ1) is 34.5. The normalized spacial score (nSPS) is 12.9. The molecule has 0 aromatic rings. The van der Waals surface area contributed by atoms with Gasteiger partial charge in [-0.15, -0.1) is 0 Å². The Morgan fingerprint density at radius 1 is 0.300 bits per heavy atom. The number of esters is 3. The fourth-order valence-electron chi connectivity index (χ4n) is 7.83. The molecular formula is C64H106O6. The molecule has 0 bridgehead atoms. The topological polar surface area (TPSA) is 78.9 Å². The second-order valence-corrected chi connectivity index (χ2v) is 19.0. The fourth-order valence-corrected chi connectivity index (χ4v) is 7.83. The van der Waals surface area contributed by atoms with Crippen molar-refractivity contribution in [2.75, 3.05) is 13.2 Å². The van der Waals surface area contributed by atoms with Crippen molar-refractivity contribution < 1.29 is 28.6 Å². The summed E-state index contributed by atoms with van der Waals surface area (Å²) in [5.74, 6) is -0.957. The van der Waals surface area contributed by atoms with Crippen LogP contribution in [0.4, 0.5) is 0 Å². The van der Waals surface area contributed by atoms with Crippen LogP contribution >= 0.6 is 0 Å². The number of carbonyl (C=O) groups is 3. The number of carbonyl (C=O) groups excluding carboxylic acids is 3. The Hall–Kier alpha value is -3.93. The Balaban J connectivity index is 4.51. The van der Waals surface area contributed by atoms with E-state index in [9.17, 15) is 14.4 Å². The minimum Gasteiger partial charge on any atom is -0.462 e. The van der Waals surface area contributed by atoms with Crippen LogP contribution in [0.2, 0.25) is 0 Å². The SMILES string of the molecule is CC\C=C/C=C\C=C/C=C\C=C\C=C/C=C\CCCCCC(=O)OCC(COC(=O)CCCCCCCCC/C=C\CCCCCC)OC(=O)CCCCCCC/C=C\CCCCCCCCCCC. The number of unbranched alkanes of at least 4 members (excludes halogenated alkanes) is 28. The molecule has 0 rings (SSSR count). The van der Waals surface area contributed by atoms with Gasteiger partial charge in [-0.1, -0.05) is 259 Å². The van der Waals surface area contributed by atoms with Crippen LogP contribution in [0, 0.1) is 0 Å². The zero-order valence-corrected chi connectivity index (χ0v) is 45.5. The van der Waals surface area contributed by atoms with Gasteiger partial charge >= 0.3 is 17.9 Å². The lowest BCUT2D eigenvalue weighted by Crippen LogP contribution is -2.30. The van der Waals surface area contributed by atoms with E-state index in [-0.39, 0.29) is 31.1 Å². The Kier molecular flexibility index (Phi) is 54.4. The van der Waals surface area contributed by atoms with Gasteiger partial charge in [-0.25, -0.2) is 0 Å². The highest BCUT2D eigenvalue weighted by molar-refractivity contribution is 5.71. The molecule has 0 heterocycles. The highest BCUT2D eigenvalue weighted by Gasteiger charge is 2.19. The summed E-state index contributed by atoms with van der Waals surface area (Å²) < 4.78 is 16.8. The monoisotopic (exact) mass is 971 g/mol. The van der Waals surface area contributed by atoms with Gasteiger partial charge in [0.2, 0.25) is 0 Å². The van der Waals surface area contributed by atoms with Crippen molar-refractivity contribution >= 4 is 17.9 Å². The molecule has 1 unspecified atom stereocenters. The van der Waals surface area contributed by atoms with E-state index in [1.54, 1.807) is 0 Å². The van der Waals surface area contributed by atoms with Gasteiger partial charge in [0.05, 0.1) is 0 Å². The molecule has 0 fully saturated rings. The molecule has 0 aliphatic rings. The van der Waals surface area contributed by atoms with Gasteiger partial charge in [-0.05, 0) is 89.9 Å². The summed E-state index contributed by atoms with van der Waals surface area (Å²) in [7, 11) is 0. The van der Waals surface area contributed by atoms with Crippen LogP contribution in [0.1, 0.15) is 258 Å². The average molecular weight is 972 g/mol. The van der Waals surface area contributed by atoms with E-state index in [1.807, 2.05) is 72.9 Å². The van der Waals surface area contributed by atoms with Gasteiger partial charge in [0.1, 0.15) is 13.2 Å². The molecule has 0 saturated carbocycles. The standard InChI is InChI=1S/C64H106O6/c1-4-7-10-13-16-19-22-25-28-30-32-34-36-39-42-45-48-51-54-57-63(66)69-60-61(59-68-62(65)56-53-50-47-44-41-38-35-27-24-21-18-15-12-9-6-3)70-64(67)58-55-52-49-46-43-40-37-33-31-29-26-23-20-17-14-11-8-5-2/h7,10,13,16,19,21-22,24-25,28,30,32-34,36-37,39,42,61H,4-6,8-9,11-12,14-15,17-18,20,23,26-27,29,31,35,38,40-41,43-60H2,1-3H3/b10-7-,16-13-,22-19-,24-21-,28-25-,32-30+,36-34-,37-33-,42-39-. The largest absolute Gasteiger partial charge is 0.462 e. The van der Waals surface area contributed by atoms with Gasteiger partial charge in [-0.2, -0.15) is 0 Å². The molecule has 0 aromatic heterocycles. The fraction of sp³-hybridized carbons (Fsp3) is 0.672. The zero-order chi connectivity index (χ0) is 50.7. The molecule has 0 radical (unpaired) electrons. The van der Waals surface area contributed by atoms with E-state index in [1.165, 1.54) is 135 Å². The summed E-state index contributed by atoms with van der Waals surface area (Å²) in [4.78, 5) is 38.2. The maximum absolute atomic E-state index is 12.9. The van der Waals surface area contributed by atoms with E-state index in [0.29, 0.717) is 19.3 Å². The van der Waals surface area contributed by atoms with E-state index in [0.717, 1.165) is 83.5 Å². The van der Waals surface area contributed by atoms with Crippen LogP contribution in [0.15, 0.2) is 109 Å². The molecular weight excluding hydrogens is 865 g/mol. The van der Waals surface area contributed by atoms with Gasteiger partial charge in [0.25, 0.3) is 0 Å². The summed E-state index contributed by atoms with van der Waals surface area (Å²) in [5, 5.41) is 0. The van der Waals surface area contributed by atoms with Crippen LogP contribution in [0.3, 0.4) is 0 Å². The number of hydrogen-bond acceptors (Lipinski definition) is 6. The molecule has 6 heteroatoms. The molecule has 0 saturated heterocycles. The Labute approximate surface area is 431 Å². The summed E-state index contributed by atoms with van der Waals surface area (Å²) in [6.07, 6.45) is 77.8. The molecule has 0 aliphatic heterocycles. The van der Waals surface area contributed by atoms with Gasteiger partial charge < -0.3 is 14.2 Å². The van der Waals surface area contributed by atoms with Gasteiger partial charge in [0, 0.05) is 19.3 Å². The lowest BCUT2D eigenvalue weighted by Gasteiger charge is -2.18. The van der Waals surface area contributed by atoms with Crippen LogP contribution in [-0.2, 0) is 28.6 Å². The smallest absolute Gasteiger partial charge is 0.306 e. The van der Waals surface area contributed by atoms with E-state index >= 15 is 0 Å². The molecule has 70 heavy (non-hydrogen) atoms. The maximum Gasteiger partial charge on any atom is 0.306 e. The minimum absolute atomic E-state index is 0.0997. The molecule has 398 valence electrons. The Morgan fingerprint density at radius 3 is 0.943 bits per heavy atom. The second kappa shape index (κ2) is 57.6. The highest BCUT2D eigenvalue weighted by atomic mass is 16.6. The predicted octanol–water partition coefficient (Wildman–Crippen LogP) is 19.5. The predicted molar refractivity (Wildman–Crippen MR) is 302 cm³/mol. The van der Waals surface area contributed by atoms with E-state index < -0.39 is 6.10 Å². The average Bonchev–Trinajstić information content (AvgIpc) is 3.36. The third-order valence-corrected chi connectivity index (χ3v) is 12.2. The van der Waals surface area contributed by atoms with Crippen LogP contribution < -0.4 is 0 Å².